The van der Waals surface area contributed by atoms with Crippen molar-refractivity contribution in [3.63, 3.8) is 0 Å². The molecular formula is C18H14BrNO6. The van der Waals surface area contributed by atoms with Crippen molar-refractivity contribution in [1.82, 2.24) is 0 Å². The van der Waals surface area contributed by atoms with E-state index in [1.54, 1.807) is 31.2 Å². The lowest BCUT2D eigenvalue weighted by molar-refractivity contribution is -0.134. The van der Waals surface area contributed by atoms with E-state index in [1.807, 2.05) is 0 Å². The maximum Gasteiger partial charge on any atom is 0.363 e. The predicted molar refractivity (Wildman–Crippen MR) is 95.9 cm³/mol. The van der Waals surface area contributed by atoms with Gasteiger partial charge in [-0.3, -0.25) is 4.79 Å². The van der Waals surface area contributed by atoms with Crippen molar-refractivity contribution in [2.24, 2.45) is 4.99 Å². The Morgan fingerprint density at radius 1 is 1.38 bits per heavy atom. The van der Waals surface area contributed by atoms with E-state index >= 15 is 0 Å². The molecule has 3 rings (SSSR count). The molecule has 26 heavy (non-hydrogen) atoms. The van der Waals surface area contributed by atoms with Crippen LogP contribution in [0.4, 0.5) is 0 Å². The number of carbonyl (C=O) groups is 2. The molecule has 134 valence electrons. The Morgan fingerprint density at radius 2 is 2.19 bits per heavy atom. The van der Waals surface area contributed by atoms with Gasteiger partial charge in [0.1, 0.15) is 0 Å². The first-order valence-corrected chi connectivity index (χ1v) is 8.45. The molecule has 7 nitrogen and oxygen atoms in total. The summed E-state index contributed by atoms with van der Waals surface area (Å²) in [6, 6.07) is 6.63. The van der Waals surface area contributed by atoms with Crippen molar-refractivity contribution in [3.05, 3.63) is 52.0 Å². The van der Waals surface area contributed by atoms with Crippen LogP contribution in [0.3, 0.4) is 0 Å². The van der Waals surface area contributed by atoms with E-state index in [1.165, 1.54) is 19.4 Å². The summed E-state index contributed by atoms with van der Waals surface area (Å²) in [4.78, 5) is 27.7. The largest absolute Gasteiger partial charge is 0.493 e. The van der Waals surface area contributed by atoms with Gasteiger partial charge in [0.2, 0.25) is 0 Å². The average molecular weight is 420 g/mol. The van der Waals surface area contributed by atoms with Gasteiger partial charge in [0.05, 0.1) is 17.8 Å². The quantitative estimate of drug-likeness (QED) is 0.417. The number of hydrogen-bond acceptors (Lipinski definition) is 7. The molecule has 0 radical (unpaired) electrons. The minimum atomic E-state index is -0.590. The Kier molecular flexibility index (Phi) is 5.22. The number of hydrogen-bond donors (Lipinski definition) is 0. The van der Waals surface area contributed by atoms with Gasteiger partial charge in [0.15, 0.2) is 23.0 Å². The first-order chi connectivity index (χ1) is 12.5. The van der Waals surface area contributed by atoms with Crippen LogP contribution in [0.2, 0.25) is 0 Å². The number of furan rings is 1. The second-order valence-electron chi connectivity index (χ2n) is 5.18. The molecule has 1 aromatic carbocycles. The number of rotatable bonds is 5. The molecule has 0 amide bonds. The number of ether oxygens (including phenoxy) is 3. The van der Waals surface area contributed by atoms with Crippen molar-refractivity contribution in [2.45, 2.75) is 13.3 Å². The molecule has 0 bridgehead atoms. The number of benzene rings is 1. The molecule has 0 saturated heterocycles. The van der Waals surface area contributed by atoms with E-state index in [-0.39, 0.29) is 29.7 Å². The van der Waals surface area contributed by atoms with E-state index in [9.17, 15) is 9.59 Å². The Bertz CT molecular complexity index is 914. The number of aliphatic imine (C=N–C) groups is 1. The van der Waals surface area contributed by atoms with Crippen LogP contribution < -0.4 is 9.47 Å². The normalized spacial score (nSPS) is 15.0. The third kappa shape index (κ3) is 3.70. The van der Waals surface area contributed by atoms with E-state index < -0.39 is 5.97 Å². The van der Waals surface area contributed by atoms with Crippen LogP contribution in [0.1, 0.15) is 24.7 Å². The highest BCUT2D eigenvalue weighted by Gasteiger charge is 2.26. The van der Waals surface area contributed by atoms with Crippen molar-refractivity contribution in [2.75, 3.05) is 7.11 Å². The highest BCUT2D eigenvalue weighted by atomic mass is 79.9. The fraction of sp³-hybridized carbons (Fsp3) is 0.167. The highest BCUT2D eigenvalue weighted by molar-refractivity contribution is 9.10. The standard InChI is InChI=1S/C18H14BrNO6/c1-3-15(21)25-16-11(19)7-10(9-14(16)23-2)8-12-18(22)26-17(20-12)13-5-4-6-24-13/h4-9H,3H2,1-2H3/b12-8-. The summed E-state index contributed by atoms with van der Waals surface area (Å²) in [7, 11) is 1.46. The summed E-state index contributed by atoms with van der Waals surface area (Å²) >= 11 is 3.35. The molecular weight excluding hydrogens is 406 g/mol. The Balaban J connectivity index is 1.94. The number of methoxy groups -OCH3 is 1. The molecule has 2 heterocycles. The number of esters is 2. The zero-order valence-corrected chi connectivity index (χ0v) is 15.5. The van der Waals surface area contributed by atoms with Gasteiger partial charge in [0.25, 0.3) is 5.90 Å². The van der Waals surface area contributed by atoms with Crippen molar-refractivity contribution < 1.29 is 28.2 Å². The average Bonchev–Trinajstić information content (AvgIpc) is 3.27. The zero-order chi connectivity index (χ0) is 18.7. The lowest BCUT2D eigenvalue weighted by atomic mass is 10.1. The molecule has 0 atom stereocenters. The molecule has 0 fully saturated rings. The van der Waals surface area contributed by atoms with E-state index in [4.69, 9.17) is 18.6 Å². The van der Waals surface area contributed by atoms with Gasteiger partial charge in [-0.1, -0.05) is 6.92 Å². The third-order valence-corrected chi connectivity index (χ3v) is 4.00. The molecule has 0 aliphatic carbocycles. The second-order valence-corrected chi connectivity index (χ2v) is 6.03. The van der Waals surface area contributed by atoms with Crippen LogP contribution in [0.15, 0.2) is 50.1 Å². The molecule has 1 aliphatic heterocycles. The molecule has 2 aromatic rings. The molecule has 0 N–H and O–H groups in total. The summed E-state index contributed by atoms with van der Waals surface area (Å²) in [5, 5.41) is 0. The molecule has 0 spiro atoms. The fourth-order valence-electron chi connectivity index (χ4n) is 2.18. The number of nitrogens with zero attached hydrogens (tertiary/aromatic N) is 1. The Morgan fingerprint density at radius 3 is 2.85 bits per heavy atom. The van der Waals surface area contributed by atoms with Gasteiger partial charge >= 0.3 is 11.9 Å². The third-order valence-electron chi connectivity index (χ3n) is 3.41. The molecule has 1 aromatic heterocycles. The zero-order valence-electron chi connectivity index (χ0n) is 13.9. The smallest absolute Gasteiger partial charge is 0.363 e. The van der Waals surface area contributed by atoms with Crippen LogP contribution in [-0.4, -0.2) is 24.9 Å². The van der Waals surface area contributed by atoms with Gasteiger partial charge in [-0.05, 0) is 51.8 Å². The molecule has 1 aliphatic rings. The van der Waals surface area contributed by atoms with E-state index in [0.717, 1.165) is 0 Å². The number of cyclic esters (lactones) is 1. The van der Waals surface area contributed by atoms with E-state index in [2.05, 4.69) is 20.9 Å². The minimum Gasteiger partial charge on any atom is -0.493 e. The lowest BCUT2D eigenvalue weighted by Gasteiger charge is -2.11. The number of halogens is 1. The summed E-state index contributed by atoms with van der Waals surface area (Å²) in [6.45, 7) is 1.70. The van der Waals surface area contributed by atoms with Crippen molar-refractivity contribution in [1.29, 1.82) is 0 Å². The Labute approximate surface area is 157 Å². The second kappa shape index (κ2) is 7.57. The lowest BCUT2D eigenvalue weighted by Crippen LogP contribution is -2.07. The summed E-state index contributed by atoms with van der Waals surface area (Å²) in [5.74, 6) is 0.105. The van der Waals surface area contributed by atoms with Gasteiger partial charge in [-0.2, -0.15) is 0 Å². The van der Waals surface area contributed by atoms with Crippen LogP contribution in [0.5, 0.6) is 11.5 Å². The minimum absolute atomic E-state index is 0.103. The highest BCUT2D eigenvalue weighted by Crippen LogP contribution is 2.37. The van der Waals surface area contributed by atoms with Crippen LogP contribution in [0, 0.1) is 0 Å². The summed E-state index contributed by atoms with van der Waals surface area (Å²) in [5.41, 5.74) is 0.727. The summed E-state index contributed by atoms with van der Waals surface area (Å²) in [6.07, 6.45) is 3.24. The van der Waals surface area contributed by atoms with Gasteiger partial charge in [-0.15, -0.1) is 0 Å². The van der Waals surface area contributed by atoms with Crippen LogP contribution >= 0.6 is 15.9 Å². The van der Waals surface area contributed by atoms with E-state index in [0.29, 0.717) is 21.5 Å². The predicted octanol–water partition coefficient (Wildman–Crippen LogP) is 3.71. The molecule has 0 saturated carbocycles. The topological polar surface area (TPSA) is 87.3 Å². The summed E-state index contributed by atoms with van der Waals surface area (Å²) < 4.78 is 21.3. The number of carbonyl (C=O) groups excluding carboxylic acids is 2. The molecule has 8 heteroatoms. The maximum absolute atomic E-state index is 12.0. The van der Waals surface area contributed by atoms with Gasteiger partial charge in [-0.25, -0.2) is 9.79 Å². The van der Waals surface area contributed by atoms with Crippen LogP contribution in [0.25, 0.3) is 6.08 Å². The monoisotopic (exact) mass is 419 g/mol. The first-order valence-electron chi connectivity index (χ1n) is 7.66. The fourth-order valence-corrected chi connectivity index (χ4v) is 2.72. The van der Waals surface area contributed by atoms with Gasteiger partial charge in [0, 0.05) is 6.42 Å². The SMILES string of the molecule is CCC(=O)Oc1c(Br)cc(/C=C2\N=C(c3ccco3)OC2=O)cc1OC. The van der Waals surface area contributed by atoms with Gasteiger partial charge < -0.3 is 18.6 Å². The van der Waals surface area contributed by atoms with Crippen molar-refractivity contribution in [3.8, 4) is 11.5 Å². The first kappa shape index (κ1) is 17.9. The maximum atomic E-state index is 12.0. The molecule has 0 unspecified atom stereocenters. The Hall–Kier alpha value is -2.87. The van der Waals surface area contributed by atoms with Crippen LogP contribution in [-0.2, 0) is 14.3 Å². The van der Waals surface area contributed by atoms with Crippen molar-refractivity contribution >= 4 is 39.8 Å².